The molecule has 0 aliphatic carbocycles. The molecule has 0 unspecified atom stereocenters. The molecule has 114 valence electrons. The average molecular weight is 300 g/mol. The Bertz CT molecular complexity index is 412. The average Bonchev–Trinajstić information content (AvgIpc) is 2.78. The number of aldehydes is 1. The highest BCUT2D eigenvalue weighted by Crippen LogP contribution is 2.40. The minimum Gasteiger partial charge on any atom is -0.394 e. The molecule has 2 saturated heterocycles. The molecule has 0 aromatic carbocycles. The van der Waals surface area contributed by atoms with Crippen LogP contribution in [0.2, 0.25) is 19.6 Å². The first-order valence-corrected chi connectivity index (χ1v) is 10.5. The van der Waals surface area contributed by atoms with E-state index < -0.39 is 26.1 Å². The van der Waals surface area contributed by atoms with Crippen LogP contribution in [0.5, 0.6) is 0 Å². The van der Waals surface area contributed by atoms with Crippen LogP contribution in [0.1, 0.15) is 13.8 Å². The number of aliphatic hydroxyl groups excluding tert-OH is 1. The molecule has 2 heterocycles. The van der Waals surface area contributed by atoms with Crippen molar-refractivity contribution in [2.75, 3.05) is 6.61 Å². The molecule has 5 nitrogen and oxygen atoms in total. The summed E-state index contributed by atoms with van der Waals surface area (Å²) in [5.74, 6) is -0.710. The molecule has 6 heteroatoms. The summed E-state index contributed by atoms with van der Waals surface area (Å²) in [4.78, 5) is 11.4. The van der Waals surface area contributed by atoms with Gasteiger partial charge in [0.1, 0.15) is 30.7 Å². The zero-order chi connectivity index (χ0) is 15.1. The zero-order valence-electron chi connectivity index (χ0n) is 12.8. The summed E-state index contributed by atoms with van der Waals surface area (Å²) < 4.78 is 17.5. The molecular weight excluding hydrogens is 276 g/mol. The van der Waals surface area contributed by atoms with E-state index in [9.17, 15) is 9.90 Å². The summed E-state index contributed by atoms with van der Waals surface area (Å²) in [5, 5.41) is 9.43. The molecule has 2 aliphatic rings. The molecular formula is C14H24O5Si. The highest BCUT2D eigenvalue weighted by molar-refractivity contribution is 6.81. The summed E-state index contributed by atoms with van der Waals surface area (Å²) in [6.07, 6.45) is -0.728. The Kier molecular flexibility index (Phi) is 4.24. The van der Waals surface area contributed by atoms with Gasteiger partial charge in [-0.25, -0.2) is 0 Å². The van der Waals surface area contributed by atoms with E-state index >= 15 is 0 Å². The van der Waals surface area contributed by atoms with Gasteiger partial charge < -0.3 is 19.3 Å². The van der Waals surface area contributed by atoms with Crippen LogP contribution in [-0.4, -0.2) is 56.3 Å². The lowest BCUT2D eigenvalue weighted by molar-refractivity contribution is -0.186. The number of carbonyl (C=O) groups is 1. The fourth-order valence-corrected chi connectivity index (χ4v) is 4.01. The molecule has 4 atom stereocenters. The number of aliphatic hydroxyl groups is 1. The molecule has 1 N–H and O–H groups in total. The largest absolute Gasteiger partial charge is 0.394 e. The maximum Gasteiger partial charge on any atom is 0.164 e. The Labute approximate surface area is 120 Å². The van der Waals surface area contributed by atoms with E-state index in [-0.39, 0.29) is 18.8 Å². The van der Waals surface area contributed by atoms with Gasteiger partial charge >= 0.3 is 0 Å². The van der Waals surface area contributed by atoms with Crippen molar-refractivity contribution >= 4 is 14.4 Å². The van der Waals surface area contributed by atoms with Crippen LogP contribution in [0, 0.1) is 0 Å². The molecule has 2 fully saturated rings. The van der Waals surface area contributed by atoms with Gasteiger partial charge in [-0.1, -0.05) is 25.3 Å². The van der Waals surface area contributed by atoms with E-state index in [1.807, 2.05) is 19.5 Å². The molecule has 2 rings (SSSR count). The first kappa shape index (κ1) is 15.8. The van der Waals surface area contributed by atoms with E-state index in [1.165, 1.54) is 0 Å². The summed E-state index contributed by atoms with van der Waals surface area (Å²) in [7, 11) is -1.55. The fraction of sp³-hybridized carbons (Fsp3) is 0.786. The van der Waals surface area contributed by atoms with Crippen LogP contribution >= 0.6 is 0 Å². The van der Waals surface area contributed by atoms with Gasteiger partial charge in [0.05, 0.1) is 14.7 Å². The van der Waals surface area contributed by atoms with Gasteiger partial charge in [0.2, 0.25) is 0 Å². The first-order valence-electron chi connectivity index (χ1n) is 6.97. The van der Waals surface area contributed by atoms with Crippen molar-refractivity contribution in [2.24, 2.45) is 0 Å². The number of fused-ring (bicyclic) bond motifs is 1. The predicted octanol–water partition coefficient (Wildman–Crippen LogP) is 1.27. The van der Waals surface area contributed by atoms with Gasteiger partial charge in [0.25, 0.3) is 0 Å². The summed E-state index contributed by atoms with van der Waals surface area (Å²) in [5.41, 5.74) is 2.63. The van der Waals surface area contributed by atoms with Crippen molar-refractivity contribution in [1.29, 1.82) is 0 Å². The second-order valence-electron chi connectivity index (χ2n) is 6.97. The van der Waals surface area contributed by atoms with Crippen LogP contribution in [0.15, 0.2) is 11.3 Å². The first-order chi connectivity index (χ1) is 9.17. The Balaban J connectivity index is 2.28. The van der Waals surface area contributed by atoms with E-state index in [4.69, 9.17) is 14.2 Å². The van der Waals surface area contributed by atoms with Crippen LogP contribution < -0.4 is 0 Å². The maximum atomic E-state index is 11.4. The molecule has 0 bridgehead atoms. The quantitative estimate of drug-likeness (QED) is 0.481. The Morgan fingerprint density at radius 2 is 1.85 bits per heavy atom. The number of carbonyl (C=O) groups excluding carboxylic acids is 1. The molecule has 0 amide bonds. The molecule has 0 spiro atoms. The second kappa shape index (κ2) is 5.34. The molecule has 0 aromatic rings. The molecule has 20 heavy (non-hydrogen) atoms. The number of hydrogen-bond donors (Lipinski definition) is 1. The maximum absolute atomic E-state index is 11.4. The van der Waals surface area contributed by atoms with E-state index in [0.29, 0.717) is 5.57 Å². The lowest BCUT2D eigenvalue weighted by Gasteiger charge is -2.24. The highest BCUT2D eigenvalue weighted by Gasteiger charge is 2.55. The fourth-order valence-electron chi connectivity index (χ4n) is 2.78. The van der Waals surface area contributed by atoms with Gasteiger partial charge in [0.15, 0.2) is 5.79 Å². The highest BCUT2D eigenvalue weighted by atomic mass is 28.3. The van der Waals surface area contributed by atoms with Crippen LogP contribution in [0.3, 0.4) is 0 Å². The van der Waals surface area contributed by atoms with E-state index in [0.717, 1.165) is 6.29 Å². The van der Waals surface area contributed by atoms with Gasteiger partial charge in [-0.2, -0.15) is 0 Å². The van der Waals surface area contributed by atoms with E-state index in [2.05, 4.69) is 19.6 Å². The Hall–Kier alpha value is -0.533. The minimum atomic E-state index is -1.55. The zero-order valence-corrected chi connectivity index (χ0v) is 13.8. The topological polar surface area (TPSA) is 65.0 Å². The number of rotatable bonds is 4. The third kappa shape index (κ3) is 3.20. The smallest absolute Gasteiger partial charge is 0.164 e. The molecule has 0 aromatic heterocycles. The number of hydrogen-bond acceptors (Lipinski definition) is 5. The van der Waals surface area contributed by atoms with Crippen LogP contribution in [0.25, 0.3) is 0 Å². The molecule has 0 radical (unpaired) electrons. The van der Waals surface area contributed by atoms with Crippen LogP contribution in [-0.2, 0) is 19.0 Å². The van der Waals surface area contributed by atoms with Crippen molar-refractivity contribution in [3.8, 4) is 0 Å². The minimum absolute atomic E-state index is 0.143. The second-order valence-corrected chi connectivity index (χ2v) is 12.0. The predicted molar refractivity (Wildman–Crippen MR) is 77.1 cm³/mol. The lowest BCUT2D eigenvalue weighted by atomic mass is 10.0. The van der Waals surface area contributed by atoms with Crippen molar-refractivity contribution < 1.29 is 24.1 Å². The third-order valence-electron chi connectivity index (χ3n) is 3.39. The summed E-state index contributed by atoms with van der Waals surface area (Å²) in [6.45, 7) is 9.99. The van der Waals surface area contributed by atoms with Crippen molar-refractivity contribution in [2.45, 2.75) is 63.7 Å². The standard InChI is InChI=1S/C14H24O5Si/c1-14(2)18-12-10(7-16)17-11(13(12)19-14)9(6-15)8-20(3,4)5/h6,8,10-13,16H,7H2,1-5H3/b9-8+/t10-,11+,12-,13+/m1/s1. The van der Waals surface area contributed by atoms with Crippen molar-refractivity contribution in [3.05, 3.63) is 11.3 Å². The lowest BCUT2D eigenvalue weighted by Crippen LogP contribution is -2.33. The summed E-state index contributed by atoms with van der Waals surface area (Å²) in [6, 6.07) is 0. The van der Waals surface area contributed by atoms with Crippen LogP contribution in [0.4, 0.5) is 0 Å². The number of ether oxygens (including phenoxy) is 3. The van der Waals surface area contributed by atoms with Gasteiger partial charge in [-0.15, -0.1) is 0 Å². The normalized spacial score (nSPS) is 37.0. The molecule has 2 aliphatic heterocycles. The van der Waals surface area contributed by atoms with Gasteiger partial charge in [0, 0.05) is 5.57 Å². The SMILES string of the molecule is CC1(C)O[C@@H]2[C@H](O1)[C@@H](CO)O[C@H]2/C(C=O)=C/[Si](C)(C)C. The van der Waals surface area contributed by atoms with E-state index in [1.54, 1.807) is 0 Å². The Morgan fingerprint density at radius 1 is 1.25 bits per heavy atom. The van der Waals surface area contributed by atoms with Gasteiger partial charge in [-0.3, -0.25) is 4.79 Å². The summed E-state index contributed by atoms with van der Waals surface area (Å²) >= 11 is 0. The molecule has 0 saturated carbocycles. The monoisotopic (exact) mass is 300 g/mol. The Morgan fingerprint density at radius 3 is 2.35 bits per heavy atom. The van der Waals surface area contributed by atoms with Gasteiger partial charge in [-0.05, 0) is 13.8 Å². The van der Waals surface area contributed by atoms with Crippen molar-refractivity contribution in [1.82, 2.24) is 0 Å². The third-order valence-corrected chi connectivity index (χ3v) is 4.59. The van der Waals surface area contributed by atoms with Crippen molar-refractivity contribution in [3.63, 3.8) is 0 Å².